The Morgan fingerprint density at radius 1 is 1.17 bits per heavy atom. The maximum Gasteiger partial charge on any atom is 0.256 e. The Balaban J connectivity index is 1.57. The van der Waals surface area contributed by atoms with Crippen LogP contribution in [-0.2, 0) is 0 Å². The Morgan fingerprint density at radius 2 is 2.03 bits per heavy atom. The first-order valence-electron chi connectivity index (χ1n) is 10.5. The number of nitrogens with one attached hydrogen (secondary N) is 1. The minimum Gasteiger partial charge on any atom is -0.471 e. The number of rotatable bonds is 4. The third-order valence-corrected chi connectivity index (χ3v) is 5.76. The van der Waals surface area contributed by atoms with Crippen molar-refractivity contribution >= 4 is 11.3 Å². The summed E-state index contributed by atoms with van der Waals surface area (Å²) in [5.41, 5.74) is 1.56. The Bertz CT molecular complexity index is 1030. The molecule has 0 spiro atoms. The lowest BCUT2D eigenvalue weighted by atomic mass is 10.1. The molecule has 0 amide bonds. The Kier molecular flexibility index (Phi) is 5.22. The highest BCUT2D eigenvalue weighted by Gasteiger charge is 2.27. The lowest BCUT2D eigenvalue weighted by Gasteiger charge is -2.31. The summed E-state index contributed by atoms with van der Waals surface area (Å²) in [4.78, 5) is 10.9. The number of nitrogens with zero attached hydrogens (tertiary/aromatic N) is 5. The van der Waals surface area contributed by atoms with Crippen LogP contribution in [0, 0.1) is 5.82 Å². The van der Waals surface area contributed by atoms with Crippen LogP contribution in [0.15, 0.2) is 30.6 Å². The third kappa shape index (κ3) is 3.70. The fourth-order valence-electron chi connectivity index (χ4n) is 4.09. The van der Waals surface area contributed by atoms with Gasteiger partial charge in [0.1, 0.15) is 6.10 Å². The van der Waals surface area contributed by atoms with Gasteiger partial charge in [0.15, 0.2) is 11.6 Å². The number of piperidine rings is 2. The van der Waals surface area contributed by atoms with Crippen molar-refractivity contribution in [2.24, 2.45) is 0 Å². The number of pyridine rings is 1. The number of aliphatic hydroxyl groups is 1. The SMILES string of the molecule is OC1CCN(c2nc(-c3cnn4ccccc34)nc(O[C@@H]3CCCNC3)c2F)CC1. The first kappa shape index (κ1) is 19.2. The molecule has 2 aliphatic rings. The molecule has 5 rings (SSSR count). The molecule has 1 atom stereocenters. The van der Waals surface area contributed by atoms with Gasteiger partial charge in [-0.3, -0.25) is 0 Å². The monoisotopic (exact) mass is 412 g/mol. The highest BCUT2D eigenvalue weighted by Crippen LogP contribution is 2.32. The summed E-state index contributed by atoms with van der Waals surface area (Å²) in [6.45, 7) is 2.68. The standard InChI is InChI=1S/C21H25FN6O2/c22-18-20(27-10-6-14(29)7-11-27)25-19(16-13-24-28-9-2-1-5-17(16)28)26-21(18)30-15-4-3-8-23-12-15/h1-2,5,9,13-15,23,29H,3-4,6-8,10-12H2/t15-/m1/s1. The largest absolute Gasteiger partial charge is 0.471 e. The molecular formula is C21H25FN6O2. The fraction of sp³-hybridized carbons (Fsp3) is 0.476. The number of ether oxygens (including phenoxy) is 1. The Morgan fingerprint density at radius 3 is 2.83 bits per heavy atom. The molecule has 9 heteroatoms. The average molecular weight is 412 g/mol. The molecule has 2 aliphatic heterocycles. The molecule has 5 heterocycles. The quantitative estimate of drug-likeness (QED) is 0.678. The summed E-state index contributed by atoms with van der Waals surface area (Å²) in [5, 5.41) is 17.5. The molecule has 0 aliphatic carbocycles. The lowest BCUT2D eigenvalue weighted by molar-refractivity contribution is 0.144. The zero-order chi connectivity index (χ0) is 20.5. The predicted octanol–water partition coefficient (Wildman–Crippen LogP) is 2.02. The van der Waals surface area contributed by atoms with E-state index in [1.54, 1.807) is 10.7 Å². The van der Waals surface area contributed by atoms with Gasteiger partial charge in [0.05, 0.1) is 23.4 Å². The van der Waals surface area contributed by atoms with Crippen molar-refractivity contribution in [2.75, 3.05) is 31.1 Å². The van der Waals surface area contributed by atoms with Crippen LogP contribution in [-0.4, -0.2) is 63.1 Å². The van der Waals surface area contributed by atoms with E-state index in [4.69, 9.17) is 4.74 Å². The lowest BCUT2D eigenvalue weighted by Crippen LogP contribution is -2.38. The summed E-state index contributed by atoms with van der Waals surface area (Å²) >= 11 is 0. The topological polar surface area (TPSA) is 87.8 Å². The molecule has 8 nitrogen and oxygen atoms in total. The zero-order valence-electron chi connectivity index (χ0n) is 16.7. The van der Waals surface area contributed by atoms with E-state index < -0.39 is 5.82 Å². The minimum absolute atomic E-state index is 0.0231. The second kappa shape index (κ2) is 8.16. The van der Waals surface area contributed by atoms with Gasteiger partial charge in [-0.25, -0.2) is 9.50 Å². The van der Waals surface area contributed by atoms with Crippen molar-refractivity contribution in [1.29, 1.82) is 0 Å². The first-order chi connectivity index (χ1) is 14.7. The van der Waals surface area contributed by atoms with Crippen molar-refractivity contribution in [1.82, 2.24) is 24.9 Å². The third-order valence-electron chi connectivity index (χ3n) is 5.76. The highest BCUT2D eigenvalue weighted by atomic mass is 19.1. The summed E-state index contributed by atoms with van der Waals surface area (Å²) in [5.74, 6) is 0.0423. The second-order valence-corrected chi connectivity index (χ2v) is 7.88. The number of fused-ring (bicyclic) bond motifs is 1. The van der Waals surface area contributed by atoms with E-state index in [2.05, 4.69) is 20.4 Å². The van der Waals surface area contributed by atoms with Crippen LogP contribution >= 0.6 is 0 Å². The molecule has 2 fully saturated rings. The van der Waals surface area contributed by atoms with Gasteiger partial charge in [-0.15, -0.1) is 0 Å². The van der Waals surface area contributed by atoms with E-state index in [1.807, 2.05) is 29.3 Å². The number of aliphatic hydroxyl groups excluding tert-OH is 1. The van der Waals surface area contributed by atoms with Gasteiger partial charge in [0.25, 0.3) is 5.88 Å². The van der Waals surface area contributed by atoms with Crippen molar-refractivity contribution in [3.8, 4) is 17.3 Å². The van der Waals surface area contributed by atoms with E-state index in [-0.39, 0.29) is 23.9 Å². The van der Waals surface area contributed by atoms with Gasteiger partial charge < -0.3 is 20.1 Å². The van der Waals surface area contributed by atoms with Crippen LogP contribution in [0.1, 0.15) is 25.7 Å². The molecule has 0 unspecified atom stereocenters. The van der Waals surface area contributed by atoms with E-state index in [1.165, 1.54) is 0 Å². The number of hydrogen-bond acceptors (Lipinski definition) is 7. The Hall–Kier alpha value is -2.78. The van der Waals surface area contributed by atoms with Crippen LogP contribution in [0.3, 0.4) is 0 Å². The molecule has 2 N–H and O–H groups in total. The molecule has 0 radical (unpaired) electrons. The first-order valence-corrected chi connectivity index (χ1v) is 10.5. The van der Waals surface area contributed by atoms with E-state index in [9.17, 15) is 5.11 Å². The zero-order valence-corrected chi connectivity index (χ0v) is 16.7. The van der Waals surface area contributed by atoms with E-state index in [0.717, 1.165) is 30.5 Å². The molecule has 0 aromatic carbocycles. The minimum atomic E-state index is -0.544. The van der Waals surface area contributed by atoms with Gasteiger partial charge in [-0.2, -0.15) is 14.5 Å². The van der Waals surface area contributed by atoms with Crippen molar-refractivity contribution in [3.63, 3.8) is 0 Å². The molecule has 3 aromatic heterocycles. The van der Waals surface area contributed by atoms with Crippen LogP contribution in [0.2, 0.25) is 0 Å². The highest BCUT2D eigenvalue weighted by molar-refractivity contribution is 5.76. The molecule has 0 bridgehead atoms. The van der Waals surface area contributed by atoms with Crippen LogP contribution < -0.4 is 15.0 Å². The van der Waals surface area contributed by atoms with Gasteiger partial charge in [0, 0.05) is 25.8 Å². The number of halogens is 1. The van der Waals surface area contributed by atoms with Crippen LogP contribution in [0.25, 0.3) is 16.9 Å². The van der Waals surface area contributed by atoms with Gasteiger partial charge >= 0.3 is 0 Å². The van der Waals surface area contributed by atoms with Crippen molar-refractivity contribution < 1.29 is 14.2 Å². The molecule has 0 saturated carbocycles. The Labute approximate surface area is 173 Å². The molecule has 30 heavy (non-hydrogen) atoms. The number of aromatic nitrogens is 4. The van der Waals surface area contributed by atoms with Gasteiger partial charge in [0.2, 0.25) is 5.82 Å². The number of hydrogen-bond donors (Lipinski definition) is 2. The summed E-state index contributed by atoms with van der Waals surface area (Å²) in [7, 11) is 0. The smallest absolute Gasteiger partial charge is 0.256 e. The maximum atomic E-state index is 15.4. The summed E-state index contributed by atoms with van der Waals surface area (Å²) < 4.78 is 23.2. The number of anilines is 1. The molecule has 2 saturated heterocycles. The van der Waals surface area contributed by atoms with Gasteiger partial charge in [-0.05, 0) is 44.4 Å². The maximum absolute atomic E-state index is 15.4. The normalized spacial score (nSPS) is 20.6. The average Bonchev–Trinajstić information content (AvgIpc) is 3.21. The summed E-state index contributed by atoms with van der Waals surface area (Å²) in [6, 6.07) is 5.74. The van der Waals surface area contributed by atoms with E-state index in [0.29, 0.717) is 38.3 Å². The van der Waals surface area contributed by atoms with Crippen LogP contribution in [0.4, 0.5) is 10.2 Å². The van der Waals surface area contributed by atoms with Crippen molar-refractivity contribution in [2.45, 2.75) is 37.9 Å². The van der Waals surface area contributed by atoms with Crippen LogP contribution in [0.5, 0.6) is 5.88 Å². The van der Waals surface area contributed by atoms with Gasteiger partial charge in [-0.1, -0.05) is 6.07 Å². The van der Waals surface area contributed by atoms with Crippen molar-refractivity contribution in [3.05, 3.63) is 36.4 Å². The summed E-state index contributed by atoms with van der Waals surface area (Å²) in [6.07, 6.45) is 6.06. The predicted molar refractivity (Wildman–Crippen MR) is 110 cm³/mol. The second-order valence-electron chi connectivity index (χ2n) is 7.88. The fourth-order valence-corrected chi connectivity index (χ4v) is 4.09. The van der Waals surface area contributed by atoms with E-state index >= 15 is 4.39 Å². The molecule has 158 valence electrons. The molecule has 3 aromatic rings. The molecular weight excluding hydrogens is 387 g/mol.